The van der Waals surface area contributed by atoms with Crippen molar-refractivity contribution < 1.29 is 29.3 Å². The number of anilines is 1. The first-order chi connectivity index (χ1) is 10.8. The van der Waals surface area contributed by atoms with Gasteiger partial charge in [-0.2, -0.15) is 0 Å². The minimum absolute atomic E-state index is 0.0222. The molecule has 0 saturated heterocycles. The lowest BCUT2D eigenvalue weighted by Gasteiger charge is -2.39. The lowest BCUT2D eigenvalue weighted by atomic mass is 10.0. The summed E-state index contributed by atoms with van der Waals surface area (Å²) in [5.74, 6) is -0.509. The zero-order chi connectivity index (χ0) is 17.2. The van der Waals surface area contributed by atoms with Gasteiger partial charge < -0.3 is 24.6 Å². The number of carbonyl (C=O) groups is 2. The zero-order valence-electron chi connectivity index (χ0n) is 13.5. The third-order valence-electron chi connectivity index (χ3n) is 3.53. The number of aliphatic carboxylic acids is 1. The number of aliphatic hydroxyl groups excluding tert-OH is 1. The quantitative estimate of drug-likeness (QED) is 0.824. The monoisotopic (exact) mass is 323 g/mol. The third kappa shape index (κ3) is 3.39. The van der Waals surface area contributed by atoms with Crippen LogP contribution < -0.4 is 14.4 Å². The Hall–Kier alpha value is -2.28. The number of ether oxygens (including phenoxy) is 2. The molecule has 0 aromatic heterocycles. The number of carboxylic acid groups (broad SMARTS) is 1. The first kappa shape index (κ1) is 17.1. The van der Waals surface area contributed by atoms with Crippen molar-refractivity contribution in [3.05, 3.63) is 17.7 Å². The van der Waals surface area contributed by atoms with Crippen molar-refractivity contribution in [2.45, 2.75) is 39.4 Å². The number of carboxylic acids is 1. The number of amides is 1. The van der Waals surface area contributed by atoms with Crippen LogP contribution in [0.3, 0.4) is 0 Å². The van der Waals surface area contributed by atoms with Gasteiger partial charge in [-0.3, -0.25) is 9.59 Å². The number of hydrogen-bond acceptors (Lipinski definition) is 5. The van der Waals surface area contributed by atoms with Crippen molar-refractivity contribution in [2.24, 2.45) is 0 Å². The molecule has 0 spiro atoms. The summed E-state index contributed by atoms with van der Waals surface area (Å²) in [4.78, 5) is 24.9. The molecule has 126 valence electrons. The van der Waals surface area contributed by atoms with Crippen LogP contribution in [0.4, 0.5) is 5.69 Å². The molecule has 7 nitrogen and oxygen atoms in total. The number of aliphatic hydroxyl groups is 1. The molecular formula is C16H21NO6. The Morgan fingerprint density at radius 2 is 2.09 bits per heavy atom. The second kappa shape index (κ2) is 6.45. The first-order valence-electron chi connectivity index (χ1n) is 7.43. The summed E-state index contributed by atoms with van der Waals surface area (Å²) in [5, 5.41) is 18.3. The van der Waals surface area contributed by atoms with Crippen molar-refractivity contribution >= 4 is 17.6 Å². The summed E-state index contributed by atoms with van der Waals surface area (Å²) in [5.41, 5.74) is -0.146. The summed E-state index contributed by atoms with van der Waals surface area (Å²) in [6.45, 7) is 5.27. The van der Waals surface area contributed by atoms with Crippen LogP contribution in [0.25, 0.3) is 0 Å². The SMILES string of the molecule is CCOc1cc(CO)cc2c1OC(C)(C)C(=O)N2CCC(=O)O. The molecule has 0 saturated carbocycles. The lowest BCUT2D eigenvalue weighted by Crippen LogP contribution is -2.53. The molecule has 0 aliphatic carbocycles. The molecule has 1 aromatic rings. The van der Waals surface area contributed by atoms with Gasteiger partial charge in [-0.1, -0.05) is 0 Å². The first-order valence-corrected chi connectivity index (χ1v) is 7.43. The minimum atomic E-state index is -1.13. The predicted molar refractivity (Wildman–Crippen MR) is 82.8 cm³/mol. The van der Waals surface area contributed by atoms with Crippen LogP contribution in [0, 0.1) is 0 Å². The normalized spacial score (nSPS) is 15.8. The van der Waals surface area contributed by atoms with Crippen molar-refractivity contribution in [1.29, 1.82) is 0 Å². The van der Waals surface area contributed by atoms with Crippen LogP contribution in [0.1, 0.15) is 32.8 Å². The Bertz CT molecular complexity index is 625. The van der Waals surface area contributed by atoms with Crippen molar-refractivity contribution in [2.75, 3.05) is 18.1 Å². The average Bonchev–Trinajstić information content (AvgIpc) is 2.48. The zero-order valence-corrected chi connectivity index (χ0v) is 13.5. The van der Waals surface area contributed by atoms with E-state index in [4.69, 9.17) is 14.6 Å². The van der Waals surface area contributed by atoms with Crippen LogP contribution in [0.15, 0.2) is 12.1 Å². The lowest BCUT2D eigenvalue weighted by molar-refractivity contribution is -0.137. The summed E-state index contributed by atoms with van der Waals surface area (Å²) < 4.78 is 11.4. The molecule has 7 heteroatoms. The van der Waals surface area contributed by atoms with E-state index in [2.05, 4.69) is 0 Å². The van der Waals surface area contributed by atoms with E-state index in [0.29, 0.717) is 29.4 Å². The molecule has 0 fully saturated rings. The highest BCUT2D eigenvalue weighted by molar-refractivity contribution is 6.03. The maximum absolute atomic E-state index is 12.6. The number of nitrogens with zero attached hydrogens (tertiary/aromatic N) is 1. The number of rotatable bonds is 6. The van der Waals surface area contributed by atoms with Gasteiger partial charge in [0.15, 0.2) is 17.1 Å². The van der Waals surface area contributed by atoms with Gasteiger partial charge in [0.1, 0.15) is 0 Å². The van der Waals surface area contributed by atoms with Crippen LogP contribution >= 0.6 is 0 Å². The third-order valence-corrected chi connectivity index (χ3v) is 3.53. The van der Waals surface area contributed by atoms with E-state index >= 15 is 0 Å². The van der Waals surface area contributed by atoms with E-state index in [1.807, 2.05) is 6.92 Å². The summed E-state index contributed by atoms with van der Waals surface area (Å²) in [6.07, 6.45) is -0.186. The van der Waals surface area contributed by atoms with Gasteiger partial charge in [0.05, 0.1) is 25.3 Å². The van der Waals surface area contributed by atoms with Gasteiger partial charge in [0.2, 0.25) is 0 Å². The van der Waals surface area contributed by atoms with Crippen LogP contribution in [-0.4, -0.2) is 40.8 Å². The molecule has 1 aromatic carbocycles. The fourth-order valence-corrected chi connectivity index (χ4v) is 2.46. The molecule has 0 atom stereocenters. The summed E-state index contributed by atoms with van der Waals surface area (Å²) >= 11 is 0. The molecule has 0 bridgehead atoms. The number of carbonyl (C=O) groups excluding carboxylic acids is 1. The molecule has 1 aliphatic heterocycles. The second-order valence-corrected chi connectivity index (χ2v) is 5.75. The van der Waals surface area contributed by atoms with Crippen molar-refractivity contribution in [3.63, 3.8) is 0 Å². The maximum Gasteiger partial charge on any atom is 0.305 e. The molecule has 1 amide bonds. The molecule has 23 heavy (non-hydrogen) atoms. The molecule has 0 radical (unpaired) electrons. The fourth-order valence-electron chi connectivity index (χ4n) is 2.46. The molecule has 1 heterocycles. The van der Waals surface area contributed by atoms with Crippen molar-refractivity contribution in [1.82, 2.24) is 0 Å². The van der Waals surface area contributed by atoms with E-state index in [0.717, 1.165) is 0 Å². The smallest absolute Gasteiger partial charge is 0.305 e. The molecule has 0 unspecified atom stereocenters. The van der Waals surface area contributed by atoms with Gasteiger partial charge in [-0.05, 0) is 38.5 Å². The van der Waals surface area contributed by atoms with Gasteiger partial charge in [-0.25, -0.2) is 0 Å². The predicted octanol–water partition coefficient (Wildman–Crippen LogP) is 1.56. The molecule has 1 aliphatic rings. The van der Waals surface area contributed by atoms with E-state index < -0.39 is 11.6 Å². The standard InChI is InChI=1S/C16H21NO6/c1-4-22-12-8-10(9-18)7-11-14(12)23-16(2,3)15(21)17(11)6-5-13(19)20/h7-8,18H,4-6,9H2,1-3H3,(H,19,20). The Balaban J connectivity index is 2.55. The highest BCUT2D eigenvalue weighted by Crippen LogP contribution is 2.45. The largest absolute Gasteiger partial charge is 0.490 e. The van der Waals surface area contributed by atoms with E-state index in [1.165, 1.54) is 4.90 Å². The Morgan fingerprint density at radius 1 is 1.39 bits per heavy atom. The fraction of sp³-hybridized carbons (Fsp3) is 0.500. The number of benzene rings is 1. The molecular weight excluding hydrogens is 302 g/mol. The van der Waals surface area contributed by atoms with Crippen LogP contribution in [0.2, 0.25) is 0 Å². The molecule has 2 N–H and O–H groups in total. The van der Waals surface area contributed by atoms with Gasteiger partial charge in [0.25, 0.3) is 5.91 Å². The van der Waals surface area contributed by atoms with Crippen LogP contribution in [0.5, 0.6) is 11.5 Å². The Labute approximate surface area is 134 Å². The van der Waals surface area contributed by atoms with Gasteiger partial charge >= 0.3 is 5.97 Å². The maximum atomic E-state index is 12.6. The number of fused-ring (bicyclic) bond motifs is 1. The summed E-state index contributed by atoms with van der Waals surface area (Å²) in [6, 6.07) is 3.27. The van der Waals surface area contributed by atoms with E-state index in [1.54, 1.807) is 26.0 Å². The Morgan fingerprint density at radius 3 is 2.65 bits per heavy atom. The highest BCUT2D eigenvalue weighted by atomic mass is 16.5. The average molecular weight is 323 g/mol. The minimum Gasteiger partial charge on any atom is -0.490 e. The van der Waals surface area contributed by atoms with E-state index in [-0.39, 0.29) is 25.5 Å². The van der Waals surface area contributed by atoms with E-state index in [9.17, 15) is 14.7 Å². The summed E-state index contributed by atoms with van der Waals surface area (Å²) in [7, 11) is 0. The van der Waals surface area contributed by atoms with Gasteiger partial charge in [0, 0.05) is 6.54 Å². The topological polar surface area (TPSA) is 96.3 Å². The number of hydrogen-bond donors (Lipinski definition) is 2. The highest BCUT2D eigenvalue weighted by Gasteiger charge is 2.42. The van der Waals surface area contributed by atoms with Gasteiger partial charge in [-0.15, -0.1) is 0 Å². The Kier molecular flexibility index (Phi) is 4.79. The second-order valence-electron chi connectivity index (χ2n) is 5.75. The van der Waals surface area contributed by atoms with Crippen molar-refractivity contribution in [3.8, 4) is 11.5 Å². The van der Waals surface area contributed by atoms with Crippen LogP contribution in [-0.2, 0) is 16.2 Å². The molecule has 2 rings (SSSR count).